The minimum Gasteiger partial charge on any atom is -0.448 e. The molecule has 2 aliphatic rings. The third-order valence-electron chi connectivity index (χ3n) is 6.20. The van der Waals surface area contributed by atoms with Gasteiger partial charge in [0.25, 0.3) is 11.8 Å². The van der Waals surface area contributed by atoms with Crippen LogP contribution in [0.1, 0.15) is 23.1 Å². The number of allylic oxidation sites excluding steroid dienone is 1. The first-order valence-corrected chi connectivity index (χ1v) is 13.1. The molecule has 1 saturated heterocycles. The number of thioether (sulfide) groups is 1. The van der Waals surface area contributed by atoms with Gasteiger partial charge in [0.05, 0.1) is 0 Å². The highest BCUT2D eigenvalue weighted by Gasteiger charge is 2.54. The van der Waals surface area contributed by atoms with Crippen LogP contribution in [-0.4, -0.2) is 62.8 Å². The van der Waals surface area contributed by atoms with E-state index in [9.17, 15) is 14.4 Å². The zero-order valence-electron chi connectivity index (χ0n) is 21.2. The first kappa shape index (κ1) is 26.7. The number of rotatable bonds is 9. The molecule has 13 heteroatoms. The molecule has 1 aromatic heterocycles. The highest BCUT2D eigenvalue weighted by atomic mass is 32.2. The van der Waals surface area contributed by atoms with Crippen LogP contribution in [0.2, 0.25) is 0 Å². The van der Waals surface area contributed by atoms with Gasteiger partial charge >= 0.3 is 12.0 Å². The summed E-state index contributed by atoms with van der Waals surface area (Å²) in [5, 5.41) is 9.26. The standard InChI is InChI=1S/C27H24N6O6S/c1-3-15-14-40-25-19(29-23(34)18(31-37-2)22-30-27(28)39-32-22)24(35)33(25)20(15)26(36)38-21(16-10-6-4-7-11-16)17-12-8-5-9-13-17/h3-13,19,21,25H,1,14H2,2H3,(H,29,34)(H2,28,30,32)/b31-18-/t19?,25-/m1/s1. The first-order chi connectivity index (χ1) is 19.4. The number of benzene rings is 2. The number of amides is 2. The van der Waals surface area contributed by atoms with Gasteiger partial charge in [0, 0.05) is 5.75 Å². The number of ether oxygens (including phenoxy) is 1. The Kier molecular flexibility index (Phi) is 7.64. The Morgan fingerprint density at radius 3 is 2.40 bits per heavy atom. The fourth-order valence-electron chi connectivity index (χ4n) is 4.35. The lowest BCUT2D eigenvalue weighted by Gasteiger charge is -2.49. The number of nitrogens with zero attached hydrogens (tertiary/aromatic N) is 4. The first-order valence-electron chi connectivity index (χ1n) is 12.1. The smallest absolute Gasteiger partial charge is 0.356 e. The van der Waals surface area contributed by atoms with Crippen molar-refractivity contribution in [2.45, 2.75) is 17.5 Å². The topological polar surface area (TPSA) is 162 Å². The normalized spacial score (nSPS) is 18.6. The summed E-state index contributed by atoms with van der Waals surface area (Å²) >= 11 is 1.37. The minimum atomic E-state index is -0.961. The number of anilines is 1. The van der Waals surface area contributed by atoms with E-state index in [2.05, 4.69) is 27.2 Å². The van der Waals surface area contributed by atoms with Crippen LogP contribution in [-0.2, 0) is 24.0 Å². The number of aromatic nitrogens is 2. The molecule has 1 unspecified atom stereocenters. The van der Waals surface area contributed by atoms with Crippen molar-refractivity contribution < 1.29 is 28.5 Å². The maximum absolute atomic E-state index is 13.7. The van der Waals surface area contributed by atoms with Crippen molar-refractivity contribution in [3.8, 4) is 0 Å². The molecule has 2 amide bonds. The Hall–Kier alpha value is -4.91. The summed E-state index contributed by atoms with van der Waals surface area (Å²) in [6, 6.07) is 17.4. The molecule has 1 fully saturated rings. The monoisotopic (exact) mass is 560 g/mol. The summed E-state index contributed by atoms with van der Waals surface area (Å²) in [5.74, 6) is -1.80. The largest absolute Gasteiger partial charge is 0.448 e. The maximum Gasteiger partial charge on any atom is 0.356 e. The number of hydrogen-bond donors (Lipinski definition) is 2. The van der Waals surface area contributed by atoms with Gasteiger partial charge in [-0.05, 0) is 16.7 Å². The number of fused-ring (bicyclic) bond motifs is 1. The van der Waals surface area contributed by atoms with E-state index >= 15 is 0 Å². The third-order valence-corrected chi connectivity index (χ3v) is 7.51. The number of carbonyl (C=O) groups is 3. The molecule has 3 aromatic rings. The van der Waals surface area contributed by atoms with Crippen molar-refractivity contribution in [2.75, 3.05) is 18.6 Å². The lowest BCUT2D eigenvalue weighted by atomic mass is 10.0. The lowest BCUT2D eigenvalue weighted by Crippen LogP contribution is -2.71. The molecule has 40 heavy (non-hydrogen) atoms. The average Bonchev–Trinajstić information content (AvgIpc) is 3.42. The molecule has 0 aliphatic carbocycles. The number of nitrogen functional groups attached to an aromatic ring is 1. The Labute approximate surface area is 232 Å². The molecular formula is C27H24N6O6S. The van der Waals surface area contributed by atoms with Crippen LogP contribution in [0, 0.1) is 0 Å². The summed E-state index contributed by atoms with van der Waals surface area (Å²) in [4.78, 5) is 49.8. The quantitative estimate of drug-likeness (QED) is 0.172. The molecule has 3 heterocycles. The molecule has 204 valence electrons. The molecule has 0 bridgehead atoms. The Bertz CT molecular complexity index is 1470. The van der Waals surface area contributed by atoms with Gasteiger partial charge in [-0.15, -0.1) is 11.8 Å². The summed E-state index contributed by atoms with van der Waals surface area (Å²) in [6.45, 7) is 3.82. The maximum atomic E-state index is 13.7. The molecule has 3 N–H and O–H groups in total. The van der Waals surface area contributed by atoms with Crippen LogP contribution in [0.5, 0.6) is 0 Å². The average molecular weight is 561 g/mol. The molecule has 12 nitrogen and oxygen atoms in total. The fourth-order valence-corrected chi connectivity index (χ4v) is 5.69. The number of carbonyl (C=O) groups excluding carboxylic acids is 3. The van der Waals surface area contributed by atoms with Crippen LogP contribution in [0.25, 0.3) is 0 Å². The van der Waals surface area contributed by atoms with Gasteiger partial charge in [-0.2, -0.15) is 4.98 Å². The Balaban J connectivity index is 1.38. The van der Waals surface area contributed by atoms with Gasteiger partial charge in [-0.25, -0.2) is 4.79 Å². The SMILES string of the molecule is C=CC1=C(C(=O)OC(c2ccccc2)c2ccccc2)N2C(=O)C(NC(=O)/C(=N\OC)c3noc(N)n3)[C@H]2SC1. The zero-order chi connectivity index (χ0) is 28.2. The summed E-state index contributed by atoms with van der Waals surface area (Å²) in [7, 11) is 1.24. The third kappa shape index (κ3) is 5.06. The van der Waals surface area contributed by atoms with E-state index in [1.54, 1.807) is 0 Å². The van der Waals surface area contributed by atoms with E-state index < -0.39 is 35.3 Å². The van der Waals surface area contributed by atoms with Gasteiger partial charge < -0.3 is 25.1 Å². The molecule has 2 aliphatic heterocycles. The van der Waals surface area contributed by atoms with Crippen molar-refractivity contribution >= 4 is 41.3 Å². The number of nitrogens with one attached hydrogen (secondary N) is 1. The fraction of sp³-hybridized carbons (Fsp3) is 0.185. The number of hydrogen-bond acceptors (Lipinski definition) is 11. The van der Waals surface area contributed by atoms with Crippen molar-refractivity contribution in [3.05, 3.63) is 102 Å². The van der Waals surface area contributed by atoms with Gasteiger partial charge in [0.2, 0.25) is 11.5 Å². The Morgan fingerprint density at radius 2 is 1.85 bits per heavy atom. The number of esters is 1. The molecule has 5 rings (SSSR count). The number of nitrogens with two attached hydrogens (primary N) is 1. The van der Waals surface area contributed by atoms with Crippen molar-refractivity contribution in [2.24, 2.45) is 5.16 Å². The summed E-state index contributed by atoms with van der Waals surface area (Å²) < 4.78 is 10.7. The van der Waals surface area contributed by atoms with Crippen molar-refractivity contribution in [1.29, 1.82) is 0 Å². The molecule has 0 radical (unpaired) electrons. The van der Waals surface area contributed by atoms with Gasteiger partial charge in [0.1, 0.15) is 24.2 Å². The number of oxime groups is 1. The number of β-lactam (4-membered cyclic amide) rings is 1. The summed E-state index contributed by atoms with van der Waals surface area (Å²) in [5.41, 5.74) is 7.31. The second-order valence-electron chi connectivity index (χ2n) is 8.62. The van der Waals surface area contributed by atoms with Crippen LogP contribution >= 0.6 is 11.8 Å². The molecule has 0 saturated carbocycles. The highest BCUT2D eigenvalue weighted by Crippen LogP contribution is 2.41. The van der Waals surface area contributed by atoms with E-state index in [0.717, 1.165) is 11.1 Å². The molecule has 2 atom stereocenters. The highest BCUT2D eigenvalue weighted by molar-refractivity contribution is 8.00. The van der Waals surface area contributed by atoms with E-state index in [1.165, 1.54) is 29.8 Å². The van der Waals surface area contributed by atoms with Gasteiger partial charge in [-0.3, -0.25) is 14.5 Å². The van der Waals surface area contributed by atoms with Crippen LogP contribution in [0.3, 0.4) is 0 Å². The van der Waals surface area contributed by atoms with E-state index in [1.807, 2.05) is 60.7 Å². The zero-order valence-corrected chi connectivity index (χ0v) is 22.0. The van der Waals surface area contributed by atoms with Crippen LogP contribution in [0.15, 0.2) is 94.3 Å². The van der Waals surface area contributed by atoms with Crippen LogP contribution < -0.4 is 11.1 Å². The van der Waals surface area contributed by atoms with Crippen molar-refractivity contribution in [3.63, 3.8) is 0 Å². The van der Waals surface area contributed by atoms with E-state index in [0.29, 0.717) is 11.3 Å². The minimum absolute atomic E-state index is 0.0860. The van der Waals surface area contributed by atoms with Gasteiger partial charge in [-0.1, -0.05) is 83.6 Å². The second kappa shape index (κ2) is 11.5. The lowest BCUT2D eigenvalue weighted by molar-refractivity contribution is -0.154. The predicted octanol–water partition coefficient (Wildman–Crippen LogP) is 2.18. The molecule has 0 spiro atoms. The Morgan fingerprint density at radius 1 is 1.20 bits per heavy atom. The molecular weight excluding hydrogens is 536 g/mol. The molecule has 2 aromatic carbocycles. The van der Waals surface area contributed by atoms with Crippen molar-refractivity contribution in [1.82, 2.24) is 20.4 Å². The predicted molar refractivity (Wildman–Crippen MR) is 145 cm³/mol. The second-order valence-corrected chi connectivity index (χ2v) is 9.73. The van der Waals surface area contributed by atoms with E-state index in [-0.39, 0.29) is 23.2 Å². The van der Waals surface area contributed by atoms with Crippen LogP contribution in [0.4, 0.5) is 6.01 Å². The van der Waals surface area contributed by atoms with Gasteiger partial charge in [0.15, 0.2) is 6.10 Å². The van der Waals surface area contributed by atoms with E-state index in [4.69, 9.17) is 19.8 Å². The summed E-state index contributed by atoms with van der Waals surface area (Å²) in [6.07, 6.45) is 0.826.